The summed E-state index contributed by atoms with van der Waals surface area (Å²) in [5.41, 5.74) is 1.15. The van der Waals surface area contributed by atoms with Crippen molar-refractivity contribution in [1.29, 1.82) is 0 Å². The molecule has 4 atom stereocenters. The van der Waals surface area contributed by atoms with Gasteiger partial charge in [-0.2, -0.15) is 0 Å². The minimum Gasteiger partial charge on any atom is -0.499 e. The molecular weight excluding hydrogens is 588 g/mol. The Bertz CT molecular complexity index is 1540. The molecule has 1 aromatic carbocycles. The normalized spacial score (nSPS) is 23.8. The van der Waals surface area contributed by atoms with E-state index in [0.29, 0.717) is 37.2 Å². The van der Waals surface area contributed by atoms with Crippen molar-refractivity contribution in [3.63, 3.8) is 0 Å². The number of ketones is 3. The van der Waals surface area contributed by atoms with Gasteiger partial charge < -0.3 is 14.2 Å². The van der Waals surface area contributed by atoms with E-state index >= 15 is 9.59 Å². The highest BCUT2D eigenvalue weighted by Crippen LogP contribution is 2.68. The van der Waals surface area contributed by atoms with Gasteiger partial charge in [-0.15, -0.1) is 0 Å². The fourth-order valence-corrected chi connectivity index (χ4v) is 7.66. The third-order valence-corrected chi connectivity index (χ3v) is 10.6. The van der Waals surface area contributed by atoms with Gasteiger partial charge in [0.1, 0.15) is 11.3 Å². The van der Waals surface area contributed by atoms with Gasteiger partial charge in [-0.3, -0.25) is 14.4 Å². The SMILES string of the molecule is C=C(C)[C@H](CC=C(C)C)C[C@@]12C[C@@H](CC=C(C)C)C(C)(C)[C@@](CC=C(C)C)(C1=O)C(OC)=C(C(=O)c1ccc(OC)c(OC)c1)C2=O. The smallest absolute Gasteiger partial charge is 0.200 e. The summed E-state index contributed by atoms with van der Waals surface area (Å²) in [6.07, 6.45) is 8.70. The summed E-state index contributed by atoms with van der Waals surface area (Å²) in [5.74, 6) is -0.242. The molecule has 1 aromatic rings. The number of hydrogen-bond donors (Lipinski definition) is 0. The second-order valence-electron chi connectivity index (χ2n) is 14.8. The minimum absolute atomic E-state index is 0.0401. The average Bonchev–Trinajstić information content (AvgIpc) is 3.00. The lowest BCUT2D eigenvalue weighted by Crippen LogP contribution is -2.67. The Morgan fingerprint density at radius 3 is 2.00 bits per heavy atom. The Kier molecular flexibility index (Phi) is 11.8. The van der Waals surface area contributed by atoms with E-state index in [0.717, 1.165) is 16.7 Å². The van der Waals surface area contributed by atoms with E-state index in [1.165, 1.54) is 26.9 Å². The van der Waals surface area contributed by atoms with Gasteiger partial charge in [0.25, 0.3) is 0 Å². The summed E-state index contributed by atoms with van der Waals surface area (Å²) >= 11 is 0. The monoisotopic (exact) mass is 644 g/mol. The Morgan fingerprint density at radius 2 is 1.49 bits per heavy atom. The van der Waals surface area contributed by atoms with Crippen molar-refractivity contribution in [3.05, 3.63) is 82.2 Å². The van der Waals surface area contributed by atoms with Gasteiger partial charge in [0.05, 0.1) is 32.2 Å². The van der Waals surface area contributed by atoms with Crippen molar-refractivity contribution in [2.75, 3.05) is 21.3 Å². The molecule has 1 fully saturated rings. The number of fused-ring (bicyclic) bond motifs is 2. The van der Waals surface area contributed by atoms with Crippen LogP contribution in [0.2, 0.25) is 0 Å². The number of methoxy groups -OCH3 is 3. The van der Waals surface area contributed by atoms with Gasteiger partial charge in [0.15, 0.2) is 28.8 Å². The second-order valence-corrected chi connectivity index (χ2v) is 14.8. The summed E-state index contributed by atoms with van der Waals surface area (Å²) in [7, 11) is 4.51. The van der Waals surface area contributed by atoms with Crippen LogP contribution < -0.4 is 9.47 Å². The highest BCUT2D eigenvalue weighted by atomic mass is 16.5. The molecule has 0 aliphatic heterocycles. The molecule has 0 amide bonds. The summed E-state index contributed by atoms with van der Waals surface area (Å²) < 4.78 is 17.1. The predicted molar refractivity (Wildman–Crippen MR) is 190 cm³/mol. The number of allylic oxidation sites excluding steroid dienone is 9. The fourth-order valence-electron chi connectivity index (χ4n) is 7.66. The summed E-state index contributed by atoms with van der Waals surface area (Å²) in [6, 6.07) is 4.88. The first-order valence-corrected chi connectivity index (χ1v) is 16.7. The highest BCUT2D eigenvalue weighted by molar-refractivity contribution is 6.35. The number of Topliss-reactive ketones (excluding diaryl/α,β-unsaturated/α-hetero) is 3. The lowest BCUT2D eigenvalue weighted by Gasteiger charge is -2.61. The van der Waals surface area contributed by atoms with E-state index in [1.807, 2.05) is 34.6 Å². The summed E-state index contributed by atoms with van der Waals surface area (Å²) in [4.78, 5) is 45.6. The maximum Gasteiger partial charge on any atom is 0.200 e. The zero-order chi connectivity index (χ0) is 35.5. The molecule has 47 heavy (non-hydrogen) atoms. The van der Waals surface area contributed by atoms with Crippen LogP contribution in [0, 0.1) is 28.1 Å². The number of carbonyl (C=O) groups excluding carboxylic acids is 3. The topological polar surface area (TPSA) is 78.9 Å². The van der Waals surface area contributed by atoms with E-state index in [2.05, 4.69) is 52.5 Å². The second kappa shape index (κ2) is 14.6. The van der Waals surface area contributed by atoms with E-state index in [-0.39, 0.29) is 40.9 Å². The molecule has 0 spiro atoms. The Morgan fingerprint density at radius 1 is 0.894 bits per heavy atom. The van der Waals surface area contributed by atoms with Crippen LogP contribution in [0.1, 0.15) is 105 Å². The van der Waals surface area contributed by atoms with Gasteiger partial charge in [-0.05, 0) is 116 Å². The zero-order valence-corrected chi connectivity index (χ0v) is 30.8. The third kappa shape index (κ3) is 6.84. The quantitative estimate of drug-likeness (QED) is 0.0869. The Hall–Kier alpha value is -3.67. The van der Waals surface area contributed by atoms with Crippen LogP contribution in [0.15, 0.2) is 76.6 Å². The van der Waals surface area contributed by atoms with Crippen molar-refractivity contribution in [2.45, 2.75) is 94.4 Å². The molecule has 0 N–H and O–H groups in total. The van der Waals surface area contributed by atoms with Gasteiger partial charge in [0.2, 0.25) is 0 Å². The van der Waals surface area contributed by atoms with Crippen molar-refractivity contribution >= 4 is 17.3 Å². The van der Waals surface area contributed by atoms with E-state index < -0.39 is 27.8 Å². The molecule has 2 bridgehead atoms. The maximum atomic E-state index is 15.6. The lowest BCUT2D eigenvalue weighted by atomic mass is 9.39. The Balaban J connectivity index is 2.50. The predicted octanol–water partition coefficient (Wildman–Crippen LogP) is 9.61. The summed E-state index contributed by atoms with van der Waals surface area (Å²) in [6.45, 7) is 22.7. The van der Waals surface area contributed by atoms with Gasteiger partial charge in [-0.25, -0.2) is 0 Å². The van der Waals surface area contributed by atoms with Crippen LogP contribution in [0.4, 0.5) is 0 Å². The van der Waals surface area contributed by atoms with Gasteiger partial charge in [0, 0.05) is 5.56 Å². The van der Waals surface area contributed by atoms with E-state index in [4.69, 9.17) is 14.2 Å². The molecule has 6 heteroatoms. The minimum atomic E-state index is -1.44. The first-order chi connectivity index (χ1) is 21.9. The molecule has 1 saturated carbocycles. The van der Waals surface area contributed by atoms with Crippen LogP contribution in [-0.2, 0) is 14.3 Å². The average molecular weight is 645 g/mol. The molecule has 2 aliphatic carbocycles. The van der Waals surface area contributed by atoms with E-state index in [9.17, 15) is 4.79 Å². The number of carbonyl (C=O) groups is 3. The lowest BCUT2D eigenvalue weighted by molar-refractivity contribution is -0.171. The number of rotatable bonds is 14. The van der Waals surface area contributed by atoms with E-state index in [1.54, 1.807) is 18.2 Å². The number of benzene rings is 1. The van der Waals surface area contributed by atoms with Gasteiger partial charge >= 0.3 is 0 Å². The van der Waals surface area contributed by atoms with Gasteiger partial charge in [-0.1, -0.05) is 60.9 Å². The van der Waals surface area contributed by atoms with Crippen molar-refractivity contribution in [2.24, 2.45) is 28.1 Å². The van der Waals surface area contributed by atoms with Crippen molar-refractivity contribution in [1.82, 2.24) is 0 Å². The van der Waals surface area contributed by atoms with Crippen LogP contribution in [0.5, 0.6) is 11.5 Å². The fraction of sp³-hybridized carbons (Fsp3) is 0.537. The highest BCUT2D eigenvalue weighted by Gasteiger charge is 2.72. The first-order valence-electron chi connectivity index (χ1n) is 16.7. The molecule has 0 unspecified atom stereocenters. The third-order valence-electron chi connectivity index (χ3n) is 10.6. The standard InChI is InChI=1S/C41H56O6/c1-25(2)14-16-30(28(7)8)23-40-24-31(18-15-26(3)4)39(9,10)41(38(40)44,21-20-27(5)6)37(47-13)34(36(40)43)35(42)29-17-19-32(45-11)33(22-29)46-12/h14-15,17,19-20,22,30-31H,7,16,18,21,23-24H2,1-6,8-13H3/t30-,31-,40+,41-/m1/s1. The molecular formula is C41H56O6. The molecule has 256 valence electrons. The van der Waals surface area contributed by atoms with Crippen LogP contribution in [0.25, 0.3) is 0 Å². The first kappa shape index (κ1) is 37.8. The zero-order valence-electron chi connectivity index (χ0n) is 30.8. The van der Waals surface area contributed by atoms with Crippen molar-refractivity contribution in [3.8, 4) is 11.5 Å². The molecule has 6 nitrogen and oxygen atoms in total. The van der Waals surface area contributed by atoms with Crippen LogP contribution in [-0.4, -0.2) is 38.7 Å². The molecule has 2 aliphatic rings. The molecule has 0 saturated heterocycles. The molecule has 3 rings (SSSR count). The number of hydrogen-bond acceptors (Lipinski definition) is 6. The molecule has 0 radical (unpaired) electrons. The molecule has 0 aromatic heterocycles. The van der Waals surface area contributed by atoms with Crippen LogP contribution in [0.3, 0.4) is 0 Å². The number of ether oxygens (including phenoxy) is 3. The molecule has 0 heterocycles. The Labute approximate surface area is 283 Å². The van der Waals surface area contributed by atoms with Crippen molar-refractivity contribution < 1.29 is 28.6 Å². The summed E-state index contributed by atoms with van der Waals surface area (Å²) in [5, 5.41) is 0. The largest absolute Gasteiger partial charge is 0.499 e. The van der Waals surface area contributed by atoms with Crippen LogP contribution >= 0.6 is 0 Å². The maximum absolute atomic E-state index is 15.6.